The van der Waals surface area contributed by atoms with Crippen molar-refractivity contribution in [2.45, 2.75) is 63.4 Å². The first kappa shape index (κ1) is 25.4. The maximum absolute atomic E-state index is 14.1. The van der Waals surface area contributed by atoms with Crippen molar-refractivity contribution in [3.63, 3.8) is 0 Å². The van der Waals surface area contributed by atoms with Gasteiger partial charge in [-0.2, -0.15) is 0 Å². The van der Waals surface area contributed by atoms with Gasteiger partial charge in [-0.15, -0.1) is 0 Å². The van der Waals surface area contributed by atoms with Gasteiger partial charge in [-0.25, -0.2) is 0 Å². The summed E-state index contributed by atoms with van der Waals surface area (Å²) >= 11 is 0. The molecule has 1 spiro atoms. The number of aliphatic hydroxyl groups excluding tert-OH is 1. The van der Waals surface area contributed by atoms with E-state index in [1.807, 2.05) is 62.4 Å². The summed E-state index contributed by atoms with van der Waals surface area (Å²) < 4.78 is 6.48. The first-order valence-corrected chi connectivity index (χ1v) is 13.1. The van der Waals surface area contributed by atoms with Gasteiger partial charge in [0.25, 0.3) is 0 Å². The Hall–Kier alpha value is -3.23. The Morgan fingerprint density at radius 3 is 2.41 bits per heavy atom. The first-order chi connectivity index (χ1) is 17.9. The van der Waals surface area contributed by atoms with E-state index in [1.54, 1.807) is 12.1 Å². The molecule has 2 bridgehead atoms. The summed E-state index contributed by atoms with van der Waals surface area (Å²) in [5.41, 5.74) is 0.501. The van der Waals surface area contributed by atoms with Gasteiger partial charge < -0.3 is 25.4 Å². The molecule has 196 valence electrons. The fourth-order valence-corrected chi connectivity index (χ4v) is 6.53. The van der Waals surface area contributed by atoms with Crippen LogP contribution in [0.2, 0.25) is 0 Å². The zero-order valence-corrected chi connectivity index (χ0v) is 21.3. The van der Waals surface area contributed by atoms with Gasteiger partial charge >= 0.3 is 0 Å². The SMILES string of the molecule is CC(C)C[C@H](CO)N1C(=O)[C@@H]2[C@@H](C(=O)Nc3ccccc3)[C@H]3CCC2(O3)C1C(=O)NCc1ccccc1. The number of rotatable bonds is 9. The minimum absolute atomic E-state index is 0.199. The average Bonchev–Trinajstić information content (AvgIpc) is 3.54. The number of ether oxygens (including phenoxy) is 1. The van der Waals surface area contributed by atoms with E-state index in [2.05, 4.69) is 10.6 Å². The molecule has 6 atom stereocenters. The van der Waals surface area contributed by atoms with Crippen LogP contribution in [0.5, 0.6) is 0 Å². The fraction of sp³-hybridized carbons (Fsp3) is 0.483. The Morgan fingerprint density at radius 1 is 1.08 bits per heavy atom. The Bertz CT molecular complexity index is 1140. The predicted molar refractivity (Wildman–Crippen MR) is 138 cm³/mol. The number of carbonyl (C=O) groups is 3. The molecular weight excluding hydrogens is 470 g/mol. The number of nitrogens with one attached hydrogen (secondary N) is 2. The highest BCUT2D eigenvalue weighted by Gasteiger charge is 2.75. The molecule has 37 heavy (non-hydrogen) atoms. The zero-order chi connectivity index (χ0) is 26.2. The number of para-hydroxylation sites is 1. The summed E-state index contributed by atoms with van der Waals surface area (Å²) in [5.74, 6) is -2.14. The number of amides is 3. The number of hydrogen-bond donors (Lipinski definition) is 3. The number of fused-ring (bicyclic) bond motifs is 1. The van der Waals surface area contributed by atoms with Crippen LogP contribution < -0.4 is 10.6 Å². The summed E-state index contributed by atoms with van der Waals surface area (Å²) in [6.45, 7) is 4.09. The molecule has 8 heteroatoms. The highest BCUT2D eigenvalue weighted by atomic mass is 16.5. The van der Waals surface area contributed by atoms with Crippen LogP contribution in [0, 0.1) is 17.8 Å². The van der Waals surface area contributed by atoms with Gasteiger partial charge in [0.15, 0.2) is 0 Å². The van der Waals surface area contributed by atoms with E-state index in [0.29, 0.717) is 31.5 Å². The smallest absolute Gasteiger partial charge is 0.246 e. The second-order valence-electron chi connectivity index (χ2n) is 10.8. The highest BCUT2D eigenvalue weighted by molar-refractivity contribution is 6.02. The number of carbonyl (C=O) groups excluding carboxylic acids is 3. The van der Waals surface area contributed by atoms with E-state index in [1.165, 1.54) is 4.90 Å². The van der Waals surface area contributed by atoms with Crippen LogP contribution in [-0.2, 0) is 25.7 Å². The predicted octanol–water partition coefficient (Wildman–Crippen LogP) is 2.72. The maximum Gasteiger partial charge on any atom is 0.246 e. The molecule has 2 unspecified atom stereocenters. The molecule has 3 N–H and O–H groups in total. The van der Waals surface area contributed by atoms with E-state index in [9.17, 15) is 19.5 Å². The van der Waals surface area contributed by atoms with Gasteiger partial charge in [0.05, 0.1) is 30.6 Å². The van der Waals surface area contributed by atoms with Crippen LogP contribution in [-0.4, -0.2) is 58.1 Å². The van der Waals surface area contributed by atoms with Crippen molar-refractivity contribution in [2.75, 3.05) is 11.9 Å². The van der Waals surface area contributed by atoms with Crippen LogP contribution >= 0.6 is 0 Å². The van der Waals surface area contributed by atoms with Crippen molar-refractivity contribution < 1.29 is 24.2 Å². The van der Waals surface area contributed by atoms with Gasteiger partial charge in [-0.3, -0.25) is 14.4 Å². The van der Waals surface area contributed by atoms with E-state index in [0.717, 1.165) is 5.56 Å². The van der Waals surface area contributed by atoms with Gasteiger partial charge in [0.1, 0.15) is 11.6 Å². The zero-order valence-electron chi connectivity index (χ0n) is 21.3. The van der Waals surface area contributed by atoms with Crippen LogP contribution in [0.15, 0.2) is 60.7 Å². The lowest BCUT2D eigenvalue weighted by Gasteiger charge is -2.37. The number of hydrogen-bond acceptors (Lipinski definition) is 5. The molecule has 3 fully saturated rings. The molecule has 2 aromatic carbocycles. The molecule has 0 saturated carbocycles. The fourth-order valence-electron chi connectivity index (χ4n) is 6.53. The third kappa shape index (κ3) is 4.53. The number of aliphatic hydroxyl groups is 1. The maximum atomic E-state index is 14.1. The normalized spacial score (nSPS) is 28.9. The summed E-state index contributed by atoms with van der Waals surface area (Å²) in [7, 11) is 0. The van der Waals surface area contributed by atoms with Gasteiger partial charge in [0, 0.05) is 12.2 Å². The van der Waals surface area contributed by atoms with E-state index in [4.69, 9.17) is 4.74 Å². The minimum Gasteiger partial charge on any atom is -0.394 e. The quantitative estimate of drug-likeness (QED) is 0.486. The Morgan fingerprint density at radius 2 is 1.76 bits per heavy atom. The number of nitrogens with zero attached hydrogens (tertiary/aromatic N) is 1. The molecule has 3 heterocycles. The van der Waals surface area contributed by atoms with Gasteiger partial charge in [0.2, 0.25) is 17.7 Å². The topological polar surface area (TPSA) is 108 Å². The van der Waals surface area contributed by atoms with Crippen molar-refractivity contribution in [3.8, 4) is 0 Å². The molecule has 8 nitrogen and oxygen atoms in total. The summed E-state index contributed by atoms with van der Waals surface area (Å²) in [5, 5.41) is 16.3. The minimum atomic E-state index is -1.09. The van der Waals surface area contributed by atoms with E-state index < -0.39 is 35.6 Å². The molecule has 3 saturated heterocycles. The third-order valence-electron chi connectivity index (χ3n) is 7.99. The average molecular weight is 506 g/mol. The monoisotopic (exact) mass is 505 g/mol. The standard InChI is InChI=1S/C29H35N3O5/c1-18(2)15-21(17-33)32-25(27(35)30-16-19-9-5-3-6-10-19)29-14-13-22(37-29)23(24(29)28(32)36)26(34)31-20-11-7-4-8-12-20/h3-12,18,21-25,33H,13-17H2,1-2H3,(H,30,35)(H,31,34)/t21-,22-,23+,24+,25?,29?/m1/s1. The summed E-state index contributed by atoms with van der Waals surface area (Å²) in [6.07, 6.45) is 1.23. The molecule has 5 rings (SSSR count). The largest absolute Gasteiger partial charge is 0.394 e. The third-order valence-corrected chi connectivity index (χ3v) is 7.99. The van der Waals surface area contributed by atoms with Crippen molar-refractivity contribution in [2.24, 2.45) is 17.8 Å². The second kappa shape index (κ2) is 10.3. The number of benzene rings is 2. The van der Waals surface area contributed by atoms with E-state index in [-0.39, 0.29) is 30.2 Å². The summed E-state index contributed by atoms with van der Waals surface area (Å²) in [4.78, 5) is 42.9. The lowest BCUT2D eigenvalue weighted by atomic mass is 9.70. The molecule has 0 radical (unpaired) electrons. The van der Waals surface area contributed by atoms with Crippen molar-refractivity contribution in [1.82, 2.24) is 10.2 Å². The van der Waals surface area contributed by atoms with Crippen molar-refractivity contribution in [3.05, 3.63) is 66.2 Å². The van der Waals surface area contributed by atoms with Crippen LogP contribution in [0.25, 0.3) is 0 Å². The van der Waals surface area contributed by atoms with Crippen molar-refractivity contribution in [1.29, 1.82) is 0 Å². The van der Waals surface area contributed by atoms with E-state index >= 15 is 0 Å². The second-order valence-corrected chi connectivity index (χ2v) is 10.8. The molecular formula is C29H35N3O5. The van der Waals surface area contributed by atoms with Gasteiger partial charge in [-0.05, 0) is 42.9 Å². The Balaban J connectivity index is 1.47. The Labute approximate surface area is 217 Å². The lowest BCUT2D eigenvalue weighted by Crippen LogP contribution is -2.58. The molecule has 0 aromatic heterocycles. The molecule has 3 amide bonds. The molecule has 3 aliphatic heterocycles. The number of anilines is 1. The van der Waals surface area contributed by atoms with Gasteiger partial charge in [-0.1, -0.05) is 62.4 Å². The van der Waals surface area contributed by atoms with Crippen LogP contribution in [0.4, 0.5) is 5.69 Å². The molecule has 0 aliphatic carbocycles. The lowest BCUT2D eigenvalue weighted by molar-refractivity contribution is -0.145. The summed E-state index contributed by atoms with van der Waals surface area (Å²) in [6, 6.07) is 17.3. The Kier molecular flexibility index (Phi) is 7.05. The van der Waals surface area contributed by atoms with Crippen LogP contribution in [0.1, 0.15) is 38.7 Å². The molecule has 3 aliphatic rings. The first-order valence-electron chi connectivity index (χ1n) is 13.1. The van der Waals surface area contributed by atoms with Crippen LogP contribution in [0.3, 0.4) is 0 Å². The number of likely N-dealkylation sites (tertiary alicyclic amines) is 1. The molecule has 2 aromatic rings. The highest BCUT2D eigenvalue weighted by Crippen LogP contribution is 2.59. The van der Waals surface area contributed by atoms with Crippen molar-refractivity contribution >= 4 is 23.4 Å².